The third-order valence-electron chi connectivity index (χ3n) is 1.13. The fourth-order valence-electron chi connectivity index (χ4n) is 0.623. The first-order valence-corrected chi connectivity index (χ1v) is 3.46. The normalized spacial score (nSPS) is 10.5. The molecule has 0 bridgehead atoms. The highest BCUT2D eigenvalue weighted by atomic mass is 16.4. The fraction of sp³-hybridized carbons (Fsp3) is 0.571. The van der Waals surface area contributed by atoms with Crippen LogP contribution in [0, 0.1) is 0 Å². The van der Waals surface area contributed by atoms with Gasteiger partial charge < -0.3 is 10.8 Å². The zero-order chi connectivity index (χ0) is 7.82. The molecule has 0 aromatic heterocycles. The van der Waals surface area contributed by atoms with Gasteiger partial charge in [0.1, 0.15) is 0 Å². The lowest BCUT2D eigenvalue weighted by Gasteiger charge is -1.88. The van der Waals surface area contributed by atoms with Crippen molar-refractivity contribution in [2.75, 3.05) is 6.54 Å². The van der Waals surface area contributed by atoms with Crippen LogP contribution in [0.3, 0.4) is 0 Å². The van der Waals surface area contributed by atoms with Crippen LogP contribution in [-0.2, 0) is 4.79 Å². The van der Waals surface area contributed by atoms with Crippen LogP contribution in [0.4, 0.5) is 0 Å². The van der Waals surface area contributed by atoms with Gasteiger partial charge in [-0.2, -0.15) is 0 Å². The molecule has 10 heavy (non-hydrogen) atoms. The number of rotatable bonds is 5. The van der Waals surface area contributed by atoms with E-state index in [1.807, 2.05) is 0 Å². The highest BCUT2D eigenvalue weighted by Crippen LogP contribution is 1.93. The van der Waals surface area contributed by atoms with Gasteiger partial charge >= 0.3 is 5.97 Å². The number of carbonyl (C=O) groups is 1. The van der Waals surface area contributed by atoms with E-state index in [1.165, 1.54) is 6.08 Å². The number of allylic oxidation sites excluding steroid dienone is 1. The van der Waals surface area contributed by atoms with E-state index >= 15 is 0 Å². The first-order valence-electron chi connectivity index (χ1n) is 3.46. The molecular weight excluding hydrogens is 130 g/mol. The van der Waals surface area contributed by atoms with Crippen LogP contribution in [0.25, 0.3) is 0 Å². The predicted octanol–water partition coefficient (Wildman–Crippen LogP) is 0.0394. The Kier molecular flexibility index (Phi) is 5.77. The number of unbranched alkanes of at least 4 members (excludes halogenated alkanes) is 2. The molecule has 0 radical (unpaired) electrons. The summed E-state index contributed by atoms with van der Waals surface area (Å²) in [6.07, 6.45) is 5.82. The SMILES string of the molecule is [NH3+]CCCC/C=C/C(=O)O. The average Bonchev–Trinajstić information content (AvgIpc) is 1.87. The largest absolute Gasteiger partial charge is 0.478 e. The Labute approximate surface area is 60.5 Å². The topological polar surface area (TPSA) is 64.9 Å². The van der Waals surface area contributed by atoms with Crippen molar-refractivity contribution in [1.82, 2.24) is 0 Å². The van der Waals surface area contributed by atoms with Gasteiger partial charge in [-0.25, -0.2) is 4.79 Å². The van der Waals surface area contributed by atoms with Gasteiger partial charge in [0, 0.05) is 6.08 Å². The van der Waals surface area contributed by atoms with E-state index in [2.05, 4.69) is 5.73 Å². The molecule has 0 atom stereocenters. The molecule has 3 nitrogen and oxygen atoms in total. The molecule has 0 aliphatic rings. The second-order valence-corrected chi connectivity index (χ2v) is 2.09. The molecule has 0 amide bonds. The smallest absolute Gasteiger partial charge is 0.327 e. The minimum Gasteiger partial charge on any atom is -0.478 e. The Balaban J connectivity index is 3.10. The highest BCUT2D eigenvalue weighted by molar-refractivity contribution is 5.79. The second-order valence-electron chi connectivity index (χ2n) is 2.09. The van der Waals surface area contributed by atoms with Gasteiger partial charge in [-0.1, -0.05) is 6.08 Å². The summed E-state index contributed by atoms with van der Waals surface area (Å²) in [5.41, 5.74) is 3.68. The van der Waals surface area contributed by atoms with Crippen molar-refractivity contribution in [3.8, 4) is 0 Å². The van der Waals surface area contributed by atoms with Gasteiger partial charge in [-0.3, -0.25) is 0 Å². The van der Waals surface area contributed by atoms with Gasteiger partial charge in [0.2, 0.25) is 0 Å². The van der Waals surface area contributed by atoms with E-state index in [0.717, 1.165) is 25.8 Å². The van der Waals surface area contributed by atoms with Crippen molar-refractivity contribution >= 4 is 5.97 Å². The summed E-state index contributed by atoms with van der Waals surface area (Å²) < 4.78 is 0. The molecule has 4 N–H and O–H groups in total. The summed E-state index contributed by atoms with van der Waals surface area (Å²) in [6.45, 7) is 0.931. The molecule has 0 saturated carbocycles. The monoisotopic (exact) mass is 144 g/mol. The van der Waals surface area contributed by atoms with Crippen molar-refractivity contribution in [3.05, 3.63) is 12.2 Å². The van der Waals surface area contributed by atoms with Crippen molar-refractivity contribution in [2.24, 2.45) is 0 Å². The molecule has 0 aliphatic heterocycles. The third kappa shape index (κ3) is 7.17. The van der Waals surface area contributed by atoms with E-state index < -0.39 is 5.97 Å². The van der Waals surface area contributed by atoms with E-state index in [9.17, 15) is 4.79 Å². The van der Waals surface area contributed by atoms with Crippen LogP contribution in [0.15, 0.2) is 12.2 Å². The molecule has 0 aromatic carbocycles. The Bertz CT molecular complexity index is 121. The summed E-state index contributed by atoms with van der Waals surface area (Å²) in [5, 5.41) is 8.17. The van der Waals surface area contributed by atoms with Gasteiger partial charge in [-0.15, -0.1) is 0 Å². The van der Waals surface area contributed by atoms with E-state index in [-0.39, 0.29) is 0 Å². The highest BCUT2D eigenvalue weighted by Gasteiger charge is 1.85. The minimum atomic E-state index is -0.866. The molecule has 0 aromatic rings. The first-order chi connectivity index (χ1) is 4.77. The molecule has 0 unspecified atom stereocenters. The maximum Gasteiger partial charge on any atom is 0.327 e. The minimum absolute atomic E-state index is 0.849. The molecule has 0 heterocycles. The van der Waals surface area contributed by atoms with E-state index in [0.29, 0.717) is 0 Å². The molecule has 0 spiro atoms. The maximum atomic E-state index is 9.93. The lowest BCUT2D eigenvalue weighted by Crippen LogP contribution is -2.50. The van der Waals surface area contributed by atoms with Crippen LogP contribution >= 0.6 is 0 Å². The van der Waals surface area contributed by atoms with Crippen LogP contribution in [-0.4, -0.2) is 17.6 Å². The van der Waals surface area contributed by atoms with Crippen molar-refractivity contribution in [1.29, 1.82) is 0 Å². The van der Waals surface area contributed by atoms with E-state index in [1.54, 1.807) is 6.08 Å². The van der Waals surface area contributed by atoms with Gasteiger partial charge in [0.15, 0.2) is 0 Å². The van der Waals surface area contributed by atoms with Crippen molar-refractivity contribution in [3.63, 3.8) is 0 Å². The standard InChI is InChI=1S/C7H13NO2/c8-6-4-2-1-3-5-7(9)10/h3,5H,1-2,4,6,8H2,(H,9,10)/p+1/b5-3+. The van der Waals surface area contributed by atoms with Crippen molar-refractivity contribution in [2.45, 2.75) is 19.3 Å². The number of quaternary nitrogens is 1. The molecule has 0 aliphatic carbocycles. The average molecular weight is 144 g/mol. The molecular formula is C7H14NO2+. The number of hydrogen-bond acceptors (Lipinski definition) is 1. The zero-order valence-corrected chi connectivity index (χ0v) is 6.05. The first kappa shape index (κ1) is 9.17. The van der Waals surface area contributed by atoms with Gasteiger partial charge in [-0.05, 0) is 19.3 Å². The predicted molar refractivity (Wildman–Crippen MR) is 38.4 cm³/mol. The zero-order valence-electron chi connectivity index (χ0n) is 6.05. The number of aliphatic carboxylic acids is 1. The molecule has 0 saturated heterocycles. The Morgan fingerprint density at radius 3 is 2.70 bits per heavy atom. The number of carboxylic acids is 1. The lowest BCUT2D eigenvalue weighted by molar-refractivity contribution is -0.368. The van der Waals surface area contributed by atoms with Crippen LogP contribution in [0.2, 0.25) is 0 Å². The summed E-state index contributed by atoms with van der Waals surface area (Å²) in [6, 6.07) is 0. The van der Waals surface area contributed by atoms with Gasteiger partial charge in [0.05, 0.1) is 6.54 Å². The summed E-state index contributed by atoms with van der Waals surface area (Å²) in [7, 11) is 0. The van der Waals surface area contributed by atoms with Crippen LogP contribution in [0.1, 0.15) is 19.3 Å². The molecule has 58 valence electrons. The maximum absolute atomic E-state index is 9.93. The third-order valence-corrected chi connectivity index (χ3v) is 1.13. The quantitative estimate of drug-likeness (QED) is 0.422. The second kappa shape index (κ2) is 6.29. The van der Waals surface area contributed by atoms with Crippen LogP contribution in [0.5, 0.6) is 0 Å². The summed E-state index contributed by atoms with van der Waals surface area (Å²) in [4.78, 5) is 9.93. The molecule has 0 fully saturated rings. The fourth-order valence-corrected chi connectivity index (χ4v) is 0.623. The van der Waals surface area contributed by atoms with Gasteiger partial charge in [0.25, 0.3) is 0 Å². The molecule has 0 rings (SSSR count). The number of carboxylic acid groups (broad SMARTS) is 1. The summed E-state index contributed by atoms with van der Waals surface area (Å²) in [5.74, 6) is -0.866. The molecule has 3 heteroatoms. The van der Waals surface area contributed by atoms with Crippen LogP contribution < -0.4 is 5.73 Å². The van der Waals surface area contributed by atoms with Crippen molar-refractivity contribution < 1.29 is 15.6 Å². The summed E-state index contributed by atoms with van der Waals surface area (Å²) >= 11 is 0. The number of hydrogen-bond donors (Lipinski definition) is 2. The lowest BCUT2D eigenvalue weighted by atomic mass is 10.2. The Morgan fingerprint density at radius 1 is 1.50 bits per heavy atom. The Morgan fingerprint density at radius 2 is 2.20 bits per heavy atom. The Hall–Kier alpha value is -0.830. The van der Waals surface area contributed by atoms with E-state index in [4.69, 9.17) is 5.11 Å².